The number of aromatic nitrogens is 3. The predicted octanol–water partition coefficient (Wildman–Crippen LogP) is 2.45. The fraction of sp³-hybridized carbons (Fsp3) is 0.308. The molecule has 0 bridgehead atoms. The molecule has 3 aromatic heterocycles. The van der Waals surface area contributed by atoms with Crippen LogP contribution in [0.25, 0.3) is 0 Å². The summed E-state index contributed by atoms with van der Waals surface area (Å²) in [4.78, 5) is 52.5. The molecule has 0 saturated carbocycles. The van der Waals surface area contributed by atoms with Crippen molar-refractivity contribution in [1.29, 1.82) is 0 Å². The van der Waals surface area contributed by atoms with Crippen LogP contribution in [0.2, 0.25) is 0 Å². The van der Waals surface area contributed by atoms with E-state index in [0.29, 0.717) is 11.1 Å². The first-order valence-electron chi connectivity index (χ1n) is 11.7. The van der Waals surface area contributed by atoms with Gasteiger partial charge in [0.2, 0.25) is 17.3 Å². The van der Waals surface area contributed by atoms with Gasteiger partial charge < -0.3 is 34.1 Å². The molecule has 42 heavy (non-hydrogen) atoms. The lowest BCUT2D eigenvalue weighted by Gasteiger charge is -2.02. The number of carbonyl (C=O) groups is 3. The maximum absolute atomic E-state index is 11.7. The number of nitrogens with one attached hydrogen (secondary N) is 1. The number of pyridine rings is 3. The number of H-pyrrole nitrogens is 1. The first kappa shape index (κ1) is 37.0. The predicted molar refractivity (Wildman–Crippen MR) is 141 cm³/mol. The summed E-state index contributed by atoms with van der Waals surface area (Å²) in [5.41, 5.74) is 0.512. The Bertz CT molecular complexity index is 1220. The number of nitrogens with zero attached hydrogens (tertiary/aromatic N) is 2. The van der Waals surface area contributed by atoms with Crippen LogP contribution in [-0.4, -0.2) is 97.1 Å². The van der Waals surface area contributed by atoms with Crippen LogP contribution in [-0.2, 0) is 9.47 Å². The molecule has 0 unspecified atom stereocenters. The SMILES string of the molecule is COC(=O)c1ccc(=O)[nH]c1.COC(=O)c1ccc(OCCF)nc1.O=C(O)c1ccc(OCCF)nc1.OCCF. The Kier molecular flexibility index (Phi) is 20.1. The van der Waals surface area contributed by atoms with Crippen LogP contribution in [0, 0.1) is 0 Å². The number of aliphatic hydroxyl groups excluding tert-OH is 1. The van der Waals surface area contributed by atoms with Gasteiger partial charge in [-0.05, 0) is 18.2 Å². The van der Waals surface area contributed by atoms with Crippen molar-refractivity contribution >= 4 is 17.9 Å². The highest BCUT2D eigenvalue weighted by Gasteiger charge is 2.06. The van der Waals surface area contributed by atoms with Crippen molar-refractivity contribution in [3.8, 4) is 11.8 Å². The molecular weight excluding hydrogens is 571 g/mol. The first-order valence-corrected chi connectivity index (χ1v) is 11.7. The van der Waals surface area contributed by atoms with E-state index in [0.717, 1.165) is 6.20 Å². The van der Waals surface area contributed by atoms with E-state index in [4.69, 9.17) is 19.7 Å². The third-order valence-corrected chi connectivity index (χ3v) is 4.08. The van der Waals surface area contributed by atoms with Gasteiger partial charge in [-0.15, -0.1) is 0 Å². The van der Waals surface area contributed by atoms with Gasteiger partial charge in [-0.3, -0.25) is 4.79 Å². The topological polar surface area (TPSA) is 187 Å². The van der Waals surface area contributed by atoms with Crippen LogP contribution in [0.4, 0.5) is 13.2 Å². The lowest BCUT2D eigenvalue weighted by Crippen LogP contribution is -2.07. The van der Waals surface area contributed by atoms with Crippen LogP contribution in [0.3, 0.4) is 0 Å². The molecule has 13 nitrogen and oxygen atoms in total. The number of carboxylic acid groups (broad SMARTS) is 1. The van der Waals surface area contributed by atoms with Crippen LogP contribution in [0.1, 0.15) is 31.1 Å². The molecule has 16 heteroatoms. The molecule has 0 fully saturated rings. The molecule has 0 aliphatic rings. The van der Waals surface area contributed by atoms with Crippen molar-refractivity contribution in [3.05, 3.63) is 82.0 Å². The number of ether oxygens (including phenoxy) is 4. The average Bonchev–Trinajstić information content (AvgIpc) is 3.03. The zero-order valence-corrected chi connectivity index (χ0v) is 22.6. The van der Waals surface area contributed by atoms with Crippen LogP contribution >= 0.6 is 0 Å². The largest absolute Gasteiger partial charge is 0.478 e. The van der Waals surface area contributed by atoms with E-state index in [1.807, 2.05) is 0 Å². The molecule has 3 N–H and O–H groups in total. The molecule has 0 radical (unpaired) electrons. The number of aromatic carboxylic acids is 1. The first-order chi connectivity index (χ1) is 20.2. The number of alkyl halides is 3. The monoisotopic (exact) mass is 601 g/mol. The molecule has 3 aromatic rings. The number of methoxy groups -OCH3 is 2. The van der Waals surface area contributed by atoms with Gasteiger partial charge >= 0.3 is 17.9 Å². The fourth-order valence-corrected chi connectivity index (χ4v) is 2.24. The number of rotatable bonds is 10. The zero-order chi connectivity index (χ0) is 31.8. The summed E-state index contributed by atoms with van der Waals surface area (Å²) in [6.45, 7) is -2.24. The molecule has 0 aromatic carbocycles. The molecule has 0 aliphatic carbocycles. The number of halogens is 3. The quantitative estimate of drug-likeness (QED) is 0.289. The summed E-state index contributed by atoms with van der Waals surface area (Å²) < 4.78 is 52.4. The molecule has 230 valence electrons. The van der Waals surface area contributed by atoms with Gasteiger partial charge in [0, 0.05) is 36.8 Å². The summed E-state index contributed by atoms with van der Waals surface area (Å²) in [7, 11) is 2.57. The Morgan fingerprint density at radius 1 is 0.762 bits per heavy atom. The lowest BCUT2D eigenvalue weighted by molar-refractivity contribution is 0.0591. The molecule has 0 amide bonds. The van der Waals surface area contributed by atoms with E-state index in [2.05, 4.69) is 24.4 Å². The second-order valence-electron chi connectivity index (χ2n) is 6.99. The second kappa shape index (κ2) is 22.8. The fourth-order valence-electron chi connectivity index (χ4n) is 2.24. The van der Waals surface area contributed by atoms with Gasteiger partial charge in [0.1, 0.15) is 33.2 Å². The third kappa shape index (κ3) is 16.2. The molecule has 0 atom stereocenters. The molecular formula is C26H30F3N3O10. The highest BCUT2D eigenvalue weighted by Crippen LogP contribution is 2.08. The highest BCUT2D eigenvalue weighted by molar-refractivity contribution is 5.89. The van der Waals surface area contributed by atoms with Crippen molar-refractivity contribution in [2.24, 2.45) is 0 Å². The van der Waals surface area contributed by atoms with E-state index < -0.39 is 37.9 Å². The zero-order valence-electron chi connectivity index (χ0n) is 22.6. The van der Waals surface area contributed by atoms with Crippen molar-refractivity contribution in [1.82, 2.24) is 15.0 Å². The van der Waals surface area contributed by atoms with Gasteiger partial charge in [-0.2, -0.15) is 0 Å². The highest BCUT2D eigenvalue weighted by atomic mass is 19.1. The standard InChI is InChI=1S/C9H10FNO3.C8H8FNO3.C7H7NO3.C2H5FO/c1-13-9(12)7-2-3-8(11-6-7)14-5-4-10;9-3-4-13-7-2-1-6(5-10-7)8(11)12;1-11-7(10)5-2-3-6(9)8-4-5;3-1-2-4/h2-3,6H,4-5H2,1H3;1-2,5H,3-4H2,(H,11,12);2-4H,1H3,(H,8,9);4H,1-2H2. The third-order valence-electron chi connectivity index (χ3n) is 4.08. The van der Waals surface area contributed by atoms with Crippen molar-refractivity contribution in [3.63, 3.8) is 0 Å². The van der Waals surface area contributed by atoms with Crippen LogP contribution in [0.15, 0.2) is 59.8 Å². The number of hydrogen-bond acceptors (Lipinski definition) is 11. The number of aliphatic hydroxyl groups is 1. The Hall–Kier alpha value is -4.99. The molecule has 3 rings (SSSR count). The van der Waals surface area contributed by atoms with E-state index >= 15 is 0 Å². The van der Waals surface area contributed by atoms with Crippen molar-refractivity contribution in [2.75, 3.05) is 54.1 Å². The van der Waals surface area contributed by atoms with Gasteiger partial charge in [-0.25, -0.2) is 37.5 Å². The molecule has 0 aliphatic heterocycles. The Balaban J connectivity index is 0.000000567. The van der Waals surface area contributed by atoms with E-state index in [9.17, 15) is 32.3 Å². The number of carboxylic acids is 1. The Morgan fingerprint density at radius 2 is 1.21 bits per heavy atom. The summed E-state index contributed by atoms with van der Waals surface area (Å²) in [5.74, 6) is -1.46. The van der Waals surface area contributed by atoms with E-state index in [1.165, 1.54) is 63.0 Å². The number of hydrogen-bond donors (Lipinski definition) is 3. The molecule has 3 heterocycles. The number of aromatic amines is 1. The maximum atomic E-state index is 11.7. The summed E-state index contributed by atoms with van der Waals surface area (Å²) >= 11 is 0. The van der Waals surface area contributed by atoms with Crippen LogP contribution < -0.4 is 15.0 Å². The smallest absolute Gasteiger partial charge is 0.339 e. The van der Waals surface area contributed by atoms with E-state index in [1.54, 1.807) is 0 Å². The average molecular weight is 602 g/mol. The van der Waals surface area contributed by atoms with Crippen molar-refractivity contribution in [2.45, 2.75) is 0 Å². The second-order valence-corrected chi connectivity index (χ2v) is 6.99. The Morgan fingerprint density at radius 3 is 1.55 bits per heavy atom. The van der Waals surface area contributed by atoms with E-state index in [-0.39, 0.29) is 42.7 Å². The van der Waals surface area contributed by atoms with Gasteiger partial charge in [0.15, 0.2) is 0 Å². The lowest BCUT2D eigenvalue weighted by atomic mass is 10.3. The normalized spacial score (nSPS) is 9.29. The summed E-state index contributed by atoms with van der Waals surface area (Å²) in [6.07, 6.45) is 3.80. The minimum atomic E-state index is -1.05. The van der Waals surface area contributed by atoms with Crippen LogP contribution in [0.5, 0.6) is 11.8 Å². The number of esters is 2. The number of carbonyl (C=O) groups excluding carboxylic acids is 2. The molecule has 0 spiro atoms. The Labute approximate surface area is 237 Å². The summed E-state index contributed by atoms with van der Waals surface area (Å²) in [6, 6.07) is 8.41. The van der Waals surface area contributed by atoms with Gasteiger partial charge in [0.25, 0.3) is 0 Å². The minimum absolute atomic E-state index is 0.0371. The minimum Gasteiger partial charge on any atom is -0.478 e. The summed E-state index contributed by atoms with van der Waals surface area (Å²) in [5, 5.41) is 16.0. The van der Waals surface area contributed by atoms with Crippen molar-refractivity contribution < 1.29 is 56.7 Å². The van der Waals surface area contributed by atoms with Gasteiger partial charge in [-0.1, -0.05) is 0 Å². The van der Waals surface area contributed by atoms with Gasteiger partial charge in [0.05, 0.1) is 37.5 Å². The molecule has 0 saturated heterocycles. The maximum Gasteiger partial charge on any atom is 0.339 e.